The molecule has 1 atom stereocenters. The third kappa shape index (κ3) is 7.03. The molecule has 3 amide bonds. The molecule has 0 saturated carbocycles. The molecule has 0 aliphatic carbocycles. The monoisotopic (exact) mass is 399 g/mol. The number of para-hydroxylation sites is 1. The van der Waals surface area contributed by atoms with E-state index >= 15 is 0 Å². The molecule has 29 heavy (non-hydrogen) atoms. The van der Waals surface area contributed by atoms with E-state index in [1.165, 1.54) is 23.1 Å². The Balaban J connectivity index is 1.91. The highest BCUT2D eigenvalue weighted by atomic mass is 19.1. The average molecular weight is 399 g/mol. The molecule has 0 heterocycles. The van der Waals surface area contributed by atoms with Crippen LogP contribution in [0.3, 0.4) is 0 Å². The number of nitrogens with zero attached hydrogens (tertiary/aromatic N) is 1. The molecule has 0 fully saturated rings. The number of anilines is 1. The molecule has 154 valence electrons. The van der Waals surface area contributed by atoms with E-state index in [1.54, 1.807) is 25.1 Å². The molecule has 6 nitrogen and oxygen atoms in total. The second kappa shape index (κ2) is 10.9. The minimum atomic E-state index is -0.692. The molecule has 0 saturated heterocycles. The van der Waals surface area contributed by atoms with Gasteiger partial charge in [-0.15, -0.1) is 0 Å². The lowest BCUT2D eigenvalue weighted by Gasteiger charge is -2.28. The number of halogens is 1. The first-order valence-electron chi connectivity index (χ1n) is 9.57. The number of carbonyl (C=O) groups is 3. The van der Waals surface area contributed by atoms with E-state index in [9.17, 15) is 18.8 Å². The number of hydrogen-bond donors (Lipinski definition) is 2. The Bertz CT molecular complexity index is 842. The Hall–Kier alpha value is -3.22. The molecule has 0 aromatic heterocycles. The Labute approximate surface area is 170 Å². The second-order valence-electron chi connectivity index (χ2n) is 6.70. The molecule has 2 aromatic carbocycles. The maximum absolute atomic E-state index is 13.2. The van der Waals surface area contributed by atoms with Gasteiger partial charge in [-0.25, -0.2) is 4.39 Å². The minimum Gasteiger partial charge on any atom is -0.347 e. The summed E-state index contributed by atoms with van der Waals surface area (Å²) in [7, 11) is 0. The normalized spacial score (nSPS) is 11.4. The molecule has 2 rings (SSSR count). The largest absolute Gasteiger partial charge is 0.347 e. The van der Waals surface area contributed by atoms with Crippen LogP contribution in [-0.2, 0) is 20.8 Å². The van der Waals surface area contributed by atoms with E-state index in [0.29, 0.717) is 24.2 Å². The standard InChI is InChI=1S/C22H26FN3O3/c1-3-12-26(16(2)22(29)25-19-10-5-4-6-11-19)21(28)15-24-20(27)14-17-8-7-9-18(23)13-17/h4-11,13,16H,3,12,14-15H2,1-2H3,(H,24,27)(H,25,29). The molecular weight excluding hydrogens is 373 g/mol. The molecular formula is C22H26FN3O3. The number of amides is 3. The summed E-state index contributed by atoms with van der Waals surface area (Å²) >= 11 is 0. The van der Waals surface area contributed by atoms with Gasteiger partial charge in [0.15, 0.2) is 0 Å². The van der Waals surface area contributed by atoms with E-state index in [-0.39, 0.29) is 30.7 Å². The van der Waals surface area contributed by atoms with E-state index < -0.39 is 11.9 Å². The van der Waals surface area contributed by atoms with Gasteiger partial charge in [0.05, 0.1) is 13.0 Å². The van der Waals surface area contributed by atoms with Gasteiger partial charge in [-0.2, -0.15) is 0 Å². The summed E-state index contributed by atoms with van der Waals surface area (Å²) in [5, 5.41) is 5.33. The minimum absolute atomic E-state index is 0.0249. The molecule has 0 aliphatic heterocycles. The summed E-state index contributed by atoms with van der Waals surface area (Å²) in [5.74, 6) is -1.46. The van der Waals surface area contributed by atoms with Gasteiger partial charge in [0.1, 0.15) is 11.9 Å². The number of carbonyl (C=O) groups excluding carboxylic acids is 3. The SMILES string of the molecule is CCCN(C(=O)CNC(=O)Cc1cccc(F)c1)C(C)C(=O)Nc1ccccc1. The summed E-state index contributed by atoms with van der Waals surface area (Å²) in [6, 6.07) is 14.1. The number of rotatable bonds is 9. The van der Waals surface area contributed by atoms with E-state index in [4.69, 9.17) is 0 Å². The third-order valence-electron chi connectivity index (χ3n) is 4.36. The van der Waals surface area contributed by atoms with Gasteiger partial charge in [-0.1, -0.05) is 37.3 Å². The van der Waals surface area contributed by atoms with Gasteiger partial charge in [0.25, 0.3) is 0 Å². The molecule has 0 radical (unpaired) electrons. The molecule has 7 heteroatoms. The lowest BCUT2D eigenvalue weighted by atomic mass is 10.1. The van der Waals surface area contributed by atoms with Crippen LogP contribution in [0.2, 0.25) is 0 Å². The zero-order chi connectivity index (χ0) is 21.2. The Kier molecular flexibility index (Phi) is 8.33. The summed E-state index contributed by atoms with van der Waals surface area (Å²) in [6.07, 6.45) is 0.648. The highest BCUT2D eigenvalue weighted by molar-refractivity contribution is 5.97. The first kappa shape index (κ1) is 22.1. The van der Waals surface area contributed by atoms with Crippen LogP contribution >= 0.6 is 0 Å². The first-order valence-corrected chi connectivity index (χ1v) is 9.57. The molecule has 0 bridgehead atoms. The predicted molar refractivity (Wildman–Crippen MR) is 110 cm³/mol. The van der Waals surface area contributed by atoms with Crippen molar-refractivity contribution in [3.63, 3.8) is 0 Å². The van der Waals surface area contributed by atoms with Gasteiger partial charge in [-0.05, 0) is 43.2 Å². The van der Waals surface area contributed by atoms with E-state index in [2.05, 4.69) is 10.6 Å². The van der Waals surface area contributed by atoms with Gasteiger partial charge >= 0.3 is 0 Å². The van der Waals surface area contributed by atoms with Crippen molar-refractivity contribution in [1.82, 2.24) is 10.2 Å². The van der Waals surface area contributed by atoms with Crippen LogP contribution in [0.5, 0.6) is 0 Å². The van der Waals surface area contributed by atoms with E-state index in [1.807, 2.05) is 25.1 Å². The van der Waals surface area contributed by atoms with Crippen molar-refractivity contribution in [2.75, 3.05) is 18.4 Å². The van der Waals surface area contributed by atoms with Crippen LogP contribution in [0, 0.1) is 5.82 Å². The molecule has 2 aromatic rings. The molecule has 0 spiro atoms. The van der Waals surface area contributed by atoms with Crippen molar-refractivity contribution in [2.24, 2.45) is 0 Å². The maximum Gasteiger partial charge on any atom is 0.246 e. The topological polar surface area (TPSA) is 78.5 Å². The second-order valence-corrected chi connectivity index (χ2v) is 6.70. The quantitative estimate of drug-likeness (QED) is 0.681. The van der Waals surface area contributed by atoms with Crippen LogP contribution in [0.25, 0.3) is 0 Å². The fraction of sp³-hybridized carbons (Fsp3) is 0.318. The Morgan fingerprint density at radius 3 is 2.45 bits per heavy atom. The smallest absolute Gasteiger partial charge is 0.246 e. The first-order chi connectivity index (χ1) is 13.9. The summed E-state index contributed by atoms with van der Waals surface area (Å²) in [5.41, 5.74) is 1.17. The summed E-state index contributed by atoms with van der Waals surface area (Å²) in [6.45, 7) is 3.73. The van der Waals surface area contributed by atoms with Gasteiger partial charge < -0.3 is 15.5 Å². The summed E-state index contributed by atoms with van der Waals surface area (Å²) in [4.78, 5) is 38.6. The average Bonchev–Trinajstić information content (AvgIpc) is 2.70. The van der Waals surface area contributed by atoms with Crippen LogP contribution in [0.1, 0.15) is 25.8 Å². The van der Waals surface area contributed by atoms with Crippen molar-refractivity contribution >= 4 is 23.4 Å². The van der Waals surface area contributed by atoms with Gasteiger partial charge in [0, 0.05) is 12.2 Å². The van der Waals surface area contributed by atoms with Crippen molar-refractivity contribution in [3.05, 3.63) is 66.0 Å². The Morgan fingerprint density at radius 1 is 1.07 bits per heavy atom. The molecule has 1 unspecified atom stereocenters. The highest BCUT2D eigenvalue weighted by Crippen LogP contribution is 2.09. The van der Waals surface area contributed by atoms with Crippen molar-refractivity contribution < 1.29 is 18.8 Å². The fourth-order valence-electron chi connectivity index (χ4n) is 2.86. The fourth-order valence-corrected chi connectivity index (χ4v) is 2.86. The maximum atomic E-state index is 13.2. The van der Waals surface area contributed by atoms with Crippen LogP contribution in [0.15, 0.2) is 54.6 Å². The highest BCUT2D eigenvalue weighted by Gasteiger charge is 2.25. The molecule has 0 aliphatic rings. The lowest BCUT2D eigenvalue weighted by Crippen LogP contribution is -2.49. The van der Waals surface area contributed by atoms with Crippen LogP contribution in [-0.4, -0.2) is 41.8 Å². The number of hydrogen-bond acceptors (Lipinski definition) is 3. The lowest BCUT2D eigenvalue weighted by molar-refractivity contribution is -0.138. The van der Waals surface area contributed by atoms with Gasteiger partial charge in [0.2, 0.25) is 17.7 Å². The molecule has 2 N–H and O–H groups in total. The Morgan fingerprint density at radius 2 is 1.79 bits per heavy atom. The zero-order valence-electron chi connectivity index (χ0n) is 16.7. The predicted octanol–water partition coefficient (Wildman–Crippen LogP) is 2.75. The van der Waals surface area contributed by atoms with Crippen molar-refractivity contribution in [3.8, 4) is 0 Å². The number of nitrogens with one attached hydrogen (secondary N) is 2. The number of benzene rings is 2. The van der Waals surface area contributed by atoms with Crippen molar-refractivity contribution in [1.29, 1.82) is 0 Å². The van der Waals surface area contributed by atoms with Crippen LogP contribution in [0.4, 0.5) is 10.1 Å². The van der Waals surface area contributed by atoms with Crippen molar-refractivity contribution in [2.45, 2.75) is 32.7 Å². The van der Waals surface area contributed by atoms with E-state index in [0.717, 1.165) is 0 Å². The zero-order valence-corrected chi connectivity index (χ0v) is 16.7. The third-order valence-corrected chi connectivity index (χ3v) is 4.36. The summed E-state index contributed by atoms with van der Waals surface area (Å²) < 4.78 is 13.2. The van der Waals surface area contributed by atoms with Crippen LogP contribution < -0.4 is 10.6 Å². The van der Waals surface area contributed by atoms with Gasteiger partial charge in [-0.3, -0.25) is 14.4 Å².